The van der Waals surface area contributed by atoms with E-state index in [1.165, 1.54) is 13.3 Å². The number of ether oxygens (including phenoxy) is 1. The summed E-state index contributed by atoms with van der Waals surface area (Å²) in [6.07, 6.45) is 8.92. The van der Waals surface area contributed by atoms with Crippen LogP contribution in [0.4, 0.5) is 4.39 Å². The van der Waals surface area contributed by atoms with E-state index < -0.39 is 5.85 Å². The van der Waals surface area contributed by atoms with Crippen LogP contribution in [0, 0.1) is 11.8 Å². The van der Waals surface area contributed by atoms with Gasteiger partial charge in [0.1, 0.15) is 0 Å². The van der Waals surface area contributed by atoms with Crippen molar-refractivity contribution in [1.82, 2.24) is 0 Å². The highest BCUT2D eigenvalue weighted by Gasteiger charge is 2.41. The van der Waals surface area contributed by atoms with Crippen LogP contribution in [0.25, 0.3) is 0 Å². The van der Waals surface area contributed by atoms with Crippen molar-refractivity contribution in [1.29, 1.82) is 0 Å². The first-order chi connectivity index (χ1) is 8.09. The molecule has 0 heterocycles. The van der Waals surface area contributed by atoms with Crippen molar-refractivity contribution in [2.75, 3.05) is 0 Å². The highest BCUT2D eigenvalue weighted by Crippen LogP contribution is 2.38. The molecule has 0 radical (unpaired) electrons. The molecular weight excluding hydrogens is 219 g/mol. The van der Waals surface area contributed by atoms with E-state index >= 15 is 0 Å². The molecule has 0 saturated heterocycles. The van der Waals surface area contributed by atoms with Gasteiger partial charge in [-0.1, -0.05) is 32.1 Å². The lowest BCUT2D eigenvalue weighted by atomic mass is 9.89. The topological polar surface area (TPSA) is 26.3 Å². The zero-order valence-corrected chi connectivity index (χ0v) is 10.7. The molecule has 0 aliphatic heterocycles. The maximum absolute atomic E-state index is 14.4. The summed E-state index contributed by atoms with van der Waals surface area (Å²) in [6.45, 7) is 1.43. The second kappa shape index (κ2) is 5.36. The number of hydrogen-bond donors (Lipinski definition) is 0. The van der Waals surface area contributed by atoms with Crippen molar-refractivity contribution < 1.29 is 13.9 Å². The molecule has 17 heavy (non-hydrogen) atoms. The Hall–Kier alpha value is -0.600. The van der Waals surface area contributed by atoms with Crippen LogP contribution in [0.15, 0.2) is 0 Å². The van der Waals surface area contributed by atoms with E-state index in [1.807, 2.05) is 0 Å². The van der Waals surface area contributed by atoms with E-state index in [0.717, 1.165) is 51.4 Å². The summed E-state index contributed by atoms with van der Waals surface area (Å²) in [6, 6.07) is 0. The van der Waals surface area contributed by atoms with E-state index in [4.69, 9.17) is 4.74 Å². The Bertz CT molecular complexity index is 263. The standard InChI is InChI=1S/C14H23FO2/c1-14(15,12-9-5-6-10-12)17-13(16)11-7-3-2-4-8-11/h11-12H,2-10H2,1H3. The summed E-state index contributed by atoms with van der Waals surface area (Å²) in [5.41, 5.74) is 0. The fourth-order valence-corrected chi connectivity index (χ4v) is 3.14. The predicted molar refractivity (Wildman–Crippen MR) is 64.1 cm³/mol. The number of rotatable bonds is 3. The molecule has 98 valence electrons. The lowest BCUT2D eigenvalue weighted by Gasteiger charge is -2.30. The monoisotopic (exact) mass is 242 g/mol. The summed E-state index contributed by atoms with van der Waals surface area (Å²) in [5.74, 6) is -2.19. The lowest BCUT2D eigenvalue weighted by molar-refractivity contribution is -0.197. The minimum absolute atomic E-state index is 0.0553. The van der Waals surface area contributed by atoms with Crippen molar-refractivity contribution >= 4 is 5.97 Å². The van der Waals surface area contributed by atoms with Crippen LogP contribution in [-0.4, -0.2) is 11.8 Å². The second-order valence-corrected chi connectivity index (χ2v) is 5.72. The highest BCUT2D eigenvalue weighted by molar-refractivity contribution is 5.72. The van der Waals surface area contributed by atoms with Gasteiger partial charge >= 0.3 is 5.97 Å². The molecule has 2 fully saturated rings. The summed E-state index contributed by atoms with van der Waals surface area (Å²) in [5, 5.41) is 0. The van der Waals surface area contributed by atoms with Crippen molar-refractivity contribution in [2.45, 2.75) is 70.6 Å². The molecule has 0 aromatic carbocycles. The first kappa shape index (κ1) is 12.8. The minimum Gasteiger partial charge on any atom is -0.428 e. The molecule has 3 heteroatoms. The van der Waals surface area contributed by atoms with E-state index in [0.29, 0.717) is 0 Å². The SMILES string of the molecule is CC(F)(OC(=O)C1CCCCC1)C1CCCC1. The third kappa shape index (κ3) is 3.20. The zero-order chi connectivity index (χ0) is 12.3. The molecular formula is C14H23FO2. The van der Waals surface area contributed by atoms with E-state index in [2.05, 4.69) is 0 Å². The average molecular weight is 242 g/mol. The van der Waals surface area contributed by atoms with Gasteiger partial charge in [0.2, 0.25) is 0 Å². The highest BCUT2D eigenvalue weighted by atomic mass is 19.2. The zero-order valence-electron chi connectivity index (χ0n) is 10.7. The Morgan fingerprint density at radius 1 is 1.06 bits per heavy atom. The van der Waals surface area contributed by atoms with Gasteiger partial charge in [-0.25, -0.2) is 0 Å². The van der Waals surface area contributed by atoms with Crippen LogP contribution in [-0.2, 0) is 9.53 Å². The molecule has 0 aromatic rings. The summed E-state index contributed by atoms with van der Waals surface area (Å²) >= 11 is 0. The quantitative estimate of drug-likeness (QED) is 0.699. The minimum atomic E-state index is -1.75. The fourth-order valence-electron chi connectivity index (χ4n) is 3.14. The third-order valence-corrected chi connectivity index (χ3v) is 4.32. The lowest BCUT2D eigenvalue weighted by Crippen LogP contribution is -2.36. The van der Waals surface area contributed by atoms with E-state index in [9.17, 15) is 9.18 Å². The van der Waals surface area contributed by atoms with Gasteiger partial charge in [-0.2, -0.15) is 4.39 Å². The normalized spacial score (nSPS) is 26.7. The molecule has 0 amide bonds. The third-order valence-electron chi connectivity index (χ3n) is 4.32. The largest absolute Gasteiger partial charge is 0.428 e. The second-order valence-electron chi connectivity index (χ2n) is 5.72. The summed E-state index contributed by atoms with van der Waals surface area (Å²) < 4.78 is 19.5. The maximum atomic E-state index is 14.4. The molecule has 0 spiro atoms. The number of hydrogen-bond acceptors (Lipinski definition) is 2. The van der Waals surface area contributed by atoms with Crippen LogP contribution < -0.4 is 0 Å². The van der Waals surface area contributed by atoms with Gasteiger partial charge in [0.15, 0.2) is 0 Å². The van der Waals surface area contributed by atoms with Gasteiger partial charge in [-0.15, -0.1) is 0 Å². The summed E-state index contributed by atoms with van der Waals surface area (Å²) in [7, 11) is 0. The Morgan fingerprint density at radius 2 is 1.59 bits per heavy atom. The summed E-state index contributed by atoms with van der Waals surface area (Å²) in [4.78, 5) is 11.9. The predicted octanol–water partition coefficient (Wildman–Crippen LogP) is 3.99. The molecule has 2 aliphatic rings. The van der Waals surface area contributed by atoms with Crippen LogP contribution in [0.2, 0.25) is 0 Å². The molecule has 2 nitrogen and oxygen atoms in total. The molecule has 0 N–H and O–H groups in total. The molecule has 1 unspecified atom stereocenters. The maximum Gasteiger partial charge on any atom is 0.311 e. The van der Waals surface area contributed by atoms with Crippen LogP contribution >= 0.6 is 0 Å². The van der Waals surface area contributed by atoms with Crippen molar-refractivity contribution in [3.63, 3.8) is 0 Å². The molecule has 2 saturated carbocycles. The molecule has 2 rings (SSSR count). The first-order valence-electron chi connectivity index (χ1n) is 7.01. The van der Waals surface area contributed by atoms with Crippen LogP contribution in [0.3, 0.4) is 0 Å². The van der Waals surface area contributed by atoms with Gasteiger partial charge in [0.05, 0.1) is 5.92 Å². The number of carbonyl (C=O) groups excluding carboxylic acids is 1. The smallest absolute Gasteiger partial charge is 0.311 e. The van der Waals surface area contributed by atoms with Gasteiger partial charge in [0, 0.05) is 12.8 Å². The van der Waals surface area contributed by atoms with E-state index in [-0.39, 0.29) is 17.8 Å². The first-order valence-corrected chi connectivity index (χ1v) is 7.01. The Kier molecular flexibility index (Phi) is 4.05. The Morgan fingerprint density at radius 3 is 2.18 bits per heavy atom. The fraction of sp³-hybridized carbons (Fsp3) is 0.929. The molecule has 0 aromatic heterocycles. The van der Waals surface area contributed by atoms with Gasteiger partial charge in [0.25, 0.3) is 5.85 Å². The van der Waals surface area contributed by atoms with Crippen LogP contribution in [0.1, 0.15) is 64.7 Å². The van der Waals surface area contributed by atoms with E-state index in [1.54, 1.807) is 0 Å². The van der Waals surface area contributed by atoms with Crippen molar-refractivity contribution in [2.24, 2.45) is 11.8 Å². The number of carbonyl (C=O) groups is 1. The van der Waals surface area contributed by atoms with Crippen molar-refractivity contribution in [3.05, 3.63) is 0 Å². The number of esters is 1. The molecule has 0 bridgehead atoms. The van der Waals surface area contributed by atoms with Gasteiger partial charge in [-0.3, -0.25) is 4.79 Å². The Balaban J connectivity index is 1.87. The van der Waals surface area contributed by atoms with Gasteiger partial charge in [-0.05, 0) is 25.7 Å². The average Bonchev–Trinajstić information content (AvgIpc) is 2.84. The molecule has 2 aliphatic carbocycles. The number of alkyl halides is 1. The van der Waals surface area contributed by atoms with Gasteiger partial charge < -0.3 is 4.74 Å². The molecule has 1 atom stereocenters. The Labute approximate surface area is 103 Å². The van der Waals surface area contributed by atoms with Crippen molar-refractivity contribution in [3.8, 4) is 0 Å². The van der Waals surface area contributed by atoms with Crippen LogP contribution in [0.5, 0.6) is 0 Å². The number of halogens is 1.